The third-order valence-electron chi connectivity index (χ3n) is 4.26. The molecule has 0 unspecified atom stereocenters. The Morgan fingerprint density at radius 2 is 2.12 bits per heavy atom. The average Bonchev–Trinajstić information content (AvgIpc) is 2.58. The van der Waals surface area contributed by atoms with Crippen molar-refractivity contribution in [3.8, 4) is 0 Å². The second kappa shape index (κ2) is 7.09. The summed E-state index contributed by atoms with van der Waals surface area (Å²) in [5, 5.41) is 12.3. The summed E-state index contributed by atoms with van der Waals surface area (Å²) in [5.74, 6) is -1.21. The van der Waals surface area contributed by atoms with Gasteiger partial charge in [-0.25, -0.2) is 4.79 Å². The number of nitrogens with one attached hydrogen (secondary N) is 1. The number of carboxylic acid groups (broad SMARTS) is 1. The second-order valence-electron chi connectivity index (χ2n) is 5.98. The van der Waals surface area contributed by atoms with Gasteiger partial charge in [0, 0.05) is 17.2 Å². The first kappa shape index (κ1) is 17.8. The van der Waals surface area contributed by atoms with Gasteiger partial charge in [-0.3, -0.25) is 14.5 Å². The quantitative estimate of drug-likeness (QED) is 0.763. The molecule has 2 heterocycles. The Labute approximate surface area is 154 Å². The summed E-state index contributed by atoms with van der Waals surface area (Å²) in [7, 11) is 0. The van der Waals surface area contributed by atoms with Gasteiger partial charge in [0.15, 0.2) is 0 Å². The van der Waals surface area contributed by atoms with Crippen LogP contribution in [0.25, 0.3) is 0 Å². The Morgan fingerprint density at radius 3 is 2.80 bits per heavy atom. The molecular weight excluding hydrogens is 364 g/mol. The van der Waals surface area contributed by atoms with Crippen LogP contribution in [-0.2, 0) is 20.8 Å². The summed E-state index contributed by atoms with van der Waals surface area (Å²) < 4.78 is 0. The standard InChI is InChI=1S/C17H17ClN2O4S/c1-9-8-25-16-13(15(22)20(16)14(9)17(23)24)19-12(21)7-6-10-4-2-3-5-11(10)18/h2-5,13,16H,6-8H2,1H3,(H,19,21)(H,23,24)/t13-,16-/m1/s1. The fraction of sp³-hybridized carbons (Fsp3) is 0.353. The molecule has 1 aromatic rings. The number of carbonyl (C=O) groups excluding carboxylic acids is 2. The molecule has 0 spiro atoms. The average molecular weight is 381 g/mol. The zero-order chi connectivity index (χ0) is 18.1. The molecule has 0 aliphatic carbocycles. The molecule has 3 rings (SSSR count). The first-order valence-corrected chi connectivity index (χ1v) is 9.23. The third kappa shape index (κ3) is 3.39. The van der Waals surface area contributed by atoms with Gasteiger partial charge >= 0.3 is 5.97 Å². The van der Waals surface area contributed by atoms with E-state index < -0.39 is 12.0 Å². The maximum atomic E-state index is 12.3. The number of hydrogen-bond acceptors (Lipinski definition) is 4. The van der Waals surface area contributed by atoms with Crippen molar-refractivity contribution in [2.75, 3.05) is 5.75 Å². The van der Waals surface area contributed by atoms with E-state index in [2.05, 4.69) is 5.32 Å². The van der Waals surface area contributed by atoms with Crippen molar-refractivity contribution in [2.45, 2.75) is 31.2 Å². The van der Waals surface area contributed by atoms with E-state index in [4.69, 9.17) is 11.6 Å². The predicted molar refractivity (Wildman–Crippen MR) is 95.1 cm³/mol. The molecule has 2 aliphatic heterocycles. The van der Waals surface area contributed by atoms with Crippen molar-refractivity contribution in [3.05, 3.63) is 46.1 Å². The first-order valence-electron chi connectivity index (χ1n) is 7.80. The van der Waals surface area contributed by atoms with E-state index in [-0.39, 0.29) is 29.3 Å². The van der Waals surface area contributed by atoms with Crippen molar-refractivity contribution in [3.63, 3.8) is 0 Å². The molecule has 2 amide bonds. The lowest BCUT2D eigenvalue weighted by atomic mass is 10.0. The fourth-order valence-corrected chi connectivity index (χ4v) is 4.49. The molecule has 0 aromatic heterocycles. The molecule has 25 heavy (non-hydrogen) atoms. The van der Waals surface area contributed by atoms with Gasteiger partial charge in [0.1, 0.15) is 17.1 Å². The maximum Gasteiger partial charge on any atom is 0.352 e. The Hall–Kier alpha value is -1.99. The molecule has 8 heteroatoms. The van der Waals surface area contributed by atoms with E-state index in [0.717, 1.165) is 5.56 Å². The lowest BCUT2D eigenvalue weighted by molar-refractivity contribution is -0.150. The van der Waals surface area contributed by atoms with Gasteiger partial charge in [-0.2, -0.15) is 0 Å². The van der Waals surface area contributed by atoms with E-state index in [9.17, 15) is 19.5 Å². The molecule has 2 aliphatic rings. The molecular formula is C17H17ClN2O4S. The number of halogens is 1. The molecule has 132 valence electrons. The maximum absolute atomic E-state index is 12.3. The Balaban J connectivity index is 1.60. The smallest absolute Gasteiger partial charge is 0.352 e. The zero-order valence-corrected chi connectivity index (χ0v) is 15.1. The Bertz CT molecular complexity index is 780. The lowest BCUT2D eigenvalue weighted by Gasteiger charge is -2.49. The SMILES string of the molecule is CC1=C(C(=O)O)N2C(=O)[C@@H](NC(=O)CCc3ccccc3Cl)[C@H]2SC1. The molecule has 2 N–H and O–H groups in total. The van der Waals surface area contributed by atoms with Crippen LogP contribution in [-0.4, -0.2) is 45.0 Å². The highest BCUT2D eigenvalue weighted by Gasteiger charge is 2.53. The van der Waals surface area contributed by atoms with Crippen LogP contribution in [0.15, 0.2) is 35.5 Å². The molecule has 0 bridgehead atoms. The molecule has 1 fully saturated rings. The highest BCUT2D eigenvalue weighted by atomic mass is 35.5. The Morgan fingerprint density at radius 1 is 1.40 bits per heavy atom. The number of β-lactam (4-membered cyclic amide) rings is 1. The summed E-state index contributed by atoms with van der Waals surface area (Å²) in [5.41, 5.74) is 1.57. The van der Waals surface area contributed by atoms with E-state index >= 15 is 0 Å². The molecule has 6 nitrogen and oxygen atoms in total. The highest BCUT2D eigenvalue weighted by Crippen LogP contribution is 2.40. The lowest BCUT2D eigenvalue weighted by Crippen LogP contribution is -2.70. The summed E-state index contributed by atoms with van der Waals surface area (Å²) in [6.07, 6.45) is 0.693. The van der Waals surface area contributed by atoms with Crippen LogP contribution in [0.4, 0.5) is 0 Å². The number of benzene rings is 1. The zero-order valence-electron chi connectivity index (χ0n) is 13.5. The van der Waals surface area contributed by atoms with Gasteiger partial charge in [-0.1, -0.05) is 29.8 Å². The highest BCUT2D eigenvalue weighted by molar-refractivity contribution is 8.00. The number of carboxylic acids is 1. The van der Waals surface area contributed by atoms with E-state index in [0.29, 0.717) is 22.8 Å². The van der Waals surface area contributed by atoms with Crippen molar-refractivity contribution < 1.29 is 19.5 Å². The van der Waals surface area contributed by atoms with Gasteiger partial charge < -0.3 is 10.4 Å². The van der Waals surface area contributed by atoms with Gasteiger partial charge in [0.2, 0.25) is 5.91 Å². The topological polar surface area (TPSA) is 86.7 Å². The molecule has 1 saturated heterocycles. The van der Waals surface area contributed by atoms with Gasteiger partial charge in [0.25, 0.3) is 5.91 Å². The van der Waals surface area contributed by atoms with Crippen LogP contribution in [0.1, 0.15) is 18.9 Å². The normalized spacial score (nSPS) is 22.3. The third-order valence-corrected chi connectivity index (χ3v) is 6.05. The number of nitrogens with zero attached hydrogens (tertiary/aromatic N) is 1. The molecule has 0 saturated carbocycles. The monoisotopic (exact) mass is 380 g/mol. The molecule has 2 atom stereocenters. The van der Waals surface area contributed by atoms with Crippen LogP contribution < -0.4 is 5.32 Å². The number of amides is 2. The number of aliphatic carboxylic acids is 1. The summed E-state index contributed by atoms with van der Waals surface area (Å²) in [6.45, 7) is 1.70. The van der Waals surface area contributed by atoms with E-state index in [1.165, 1.54) is 16.7 Å². The number of aryl methyl sites for hydroxylation is 1. The van der Waals surface area contributed by atoms with Crippen molar-refractivity contribution in [1.82, 2.24) is 10.2 Å². The van der Waals surface area contributed by atoms with Crippen molar-refractivity contribution >= 4 is 41.1 Å². The minimum Gasteiger partial charge on any atom is -0.477 e. The summed E-state index contributed by atoms with van der Waals surface area (Å²) in [6, 6.07) is 6.63. The number of rotatable bonds is 5. The van der Waals surface area contributed by atoms with E-state index in [1.807, 2.05) is 18.2 Å². The summed E-state index contributed by atoms with van der Waals surface area (Å²) in [4.78, 5) is 37.1. The van der Waals surface area contributed by atoms with Crippen LogP contribution in [0, 0.1) is 0 Å². The largest absolute Gasteiger partial charge is 0.477 e. The van der Waals surface area contributed by atoms with E-state index in [1.54, 1.807) is 13.0 Å². The number of hydrogen-bond donors (Lipinski definition) is 2. The van der Waals surface area contributed by atoms with Gasteiger partial charge in [-0.15, -0.1) is 11.8 Å². The van der Waals surface area contributed by atoms with Crippen LogP contribution in [0.5, 0.6) is 0 Å². The van der Waals surface area contributed by atoms with Crippen molar-refractivity contribution in [2.24, 2.45) is 0 Å². The molecule has 1 aromatic carbocycles. The Kier molecular flexibility index (Phi) is 5.06. The number of fused-ring (bicyclic) bond motifs is 1. The fourth-order valence-electron chi connectivity index (χ4n) is 2.97. The second-order valence-corrected chi connectivity index (χ2v) is 7.49. The van der Waals surface area contributed by atoms with Crippen LogP contribution in [0.2, 0.25) is 5.02 Å². The minimum absolute atomic E-state index is 0.0373. The first-order chi connectivity index (χ1) is 11.9. The number of thioether (sulfide) groups is 1. The van der Waals surface area contributed by atoms with Gasteiger partial charge in [0.05, 0.1) is 0 Å². The van der Waals surface area contributed by atoms with Crippen molar-refractivity contribution in [1.29, 1.82) is 0 Å². The molecule has 0 radical (unpaired) electrons. The van der Waals surface area contributed by atoms with Crippen LogP contribution >= 0.6 is 23.4 Å². The van der Waals surface area contributed by atoms with Gasteiger partial charge in [-0.05, 0) is 30.5 Å². The predicted octanol–water partition coefficient (Wildman–Crippen LogP) is 2.03. The van der Waals surface area contributed by atoms with Crippen LogP contribution in [0.3, 0.4) is 0 Å². The number of carbonyl (C=O) groups is 3. The summed E-state index contributed by atoms with van der Waals surface area (Å²) >= 11 is 7.53. The minimum atomic E-state index is -1.11.